The van der Waals surface area contributed by atoms with E-state index in [9.17, 15) is 9.18 Å². The molecule has 3 aromatic rings. The van der Waals surface area contributed by atoms with Crippen molar-refractivity contribution in [1.29, 1.82) is 0 Å². The molecule has 2 aromatic heterocycles. The molecular weight excluding hydrogens is 343 g/mol. The number of benzene rings is 1. The van der Waals surface area contributed by atoms with Gasteiger partial charge in [0.05, 0.1) is 19.2 Å². The number of piperidine rings is 1. The van der Waals surface area contributed by atoms with Crippen molar-refractivity contribution in [3.63, 3.8) is 0 Å². The Balaban J connectivity index is 1.57. The van der Waals surface area contributed by atoms with Gasteiger partial charge in [0.15, 0.2) is 5.78 Å². The number of aryl methyl sites for hydroxylation is 1. The predicted molar refractivity (Wildman–Crippen MR) is 103 cm³/mol. The maximum atomic E-state index is 14.6. The van der Waals surface area contributed by atoms with Crippen LogP contribution in [0.25, 0.3) is 21.9 Å². The van der Waals surface area contributed by atoms with Gasteiger partial charge in [0.2, 0.25) is 0 Å². The van der Waals surface area contributed by atoms with Crippen molar-refractivity contribution in [2.75, 3.05) is 19.6 Å². The number of carbonyl (C=O) groups excluding carboxylic acids is 1. The Morgan fingerprint density at radius 2 is 2.04 bits per heavy atom. The van der Waals surface area contributed by atoms with Crippen LogP contribution in [0.3, 0.4) is 0 Å². The van der Waals surface area contributed by atoms with E-state index in [0.717, 1.165) is 30.6 Å². The maximum absolute atomic E-state index is 14.6. The summed E-state index contributed by atoms with van der Waals surface area (Å²) in [4.78, 5) is 18.9. The molecule has 1 saturated heterocycles. The molecule has 0 unspecified atom stereocenters. The number of Topliss-reactive ketones (excluding diaryl/α,β-unsaturated/α-hetero) is 1. The quantitative estimate of drug-likeness (QED) is 0.692. The molecule has 27 heavy (non-hydrogen) atoms. The Bertz CT molecular complexity index is 1070. The zero-order valence-electron chi connectivity index (χ0n) is 18.0. The van der Waals surface area contributed by atoms with Crippen LogP contribution in [0.1, 0.15) is 29.1 Å². The van der Waals surface area contributed by atoms with Gasteiger partial charge in [0.25, 0.3) is 0 Å². The number of carbonyl (C=O) groups is 1. The molecule has 0 aliphatic carbocycles. The minimum Gasteiger partial charge on any atom is -0.298 e. The Morgan fingerprint density at radius 3 is 2.81 bits per heavy atom. The topological polar surface area (TPSA) is 51.0 Å². The summed E-state index contributed by atoms with van der Waals surface area (Å²) in [6.45, 7) is -0.0628. The highest BCUT2D eigenvalue weighted by Gasteiger charge is 2.15. The van der Waals surface area contributed by atoms with Crippen molar-refractivity contribution in [3.8, 4) is 11.1 Å². The number of aromatic nitrogens is 3. The van der Waals surface area contributed by atoms with E-state index in [2.05, 4.69) is 15.0 Å². The molecule has 4 rings (SSSR count). The minimum absolute atomic E-state index is 0.0966. The van der Waals surface area contributed by atoms with Crippen LogP contribution in [-0.4, -0.2) is 45.1 Å². The smallest absolute Gasteiger partial charge is 0.152 e. The first-order valence-corrected chi connectivity index (χ1v) is 9.17. The van der Waals surface area contributed by atoms with Gasteiger partial charge >= 0.3 is 0 Å². The van der Waals surface area contributed by atoms with E-state index in [1.807, 2.05) is 0 Å². The lowest BCUT2D eigenvalue weighted by Gasteiger charge is -2.25. The molecule has 3 heterocycles. The van der Waals surface area contributed by atoms with E-state index < -0.39 is 12.8 Å². The van der Waals surface area contributed by atoms with Crippen LogP contribution in [0, 0.1) is 5.82 Å². The van der Waals surface area contributed by atoms with E-state index in [4.69, 9.17) is 4.11 Å². The molecule has 0 saturated carbocycles. The summed E-state index contributed by atoms with van der Waals surface area (Å²) in [5.74, 6) is -0.359. The second-order valence-corrected chi connectivity index (χ2v) is 7.08. The molecule has 0 bridgehead atoms. The monoisotopic (exact) mass is 369 g/mol. The molecule has 1 aliphatic rings. The number of hydrogen-bond acceptors (Lipinski definition) is 4. The third-order valence-electron chi connectivity index (χ3n) is 4.99. The highest BCUT2D eigenvalue weighted by Crippen LogP contribution is 2.27. The number of likely N-dealkylation sites (tertiary alicyclic amines) is 1. The fraction of sp³-hybridized carbons (Fsp3) is 0.381. The largest absolute Gasteiger partial charge is 0.298 e. The zero-order valence-corrected chi connectivity index (χ0v) is 15.0. The van der Waals surface area contributed by atoms with Gasteiger partial charge < -0.3 is 0 Å². The highest BCUT2D eigenvalue weighted by molar-refractivity contribution is 5.89. The first-order valence-electron chi connectivity index (χ1n) is 10.7. The number of nitrogens with zero attached hydrogens (tertiary/aromatic N) is 4. The Labute approximate surface area is 162 Å². The lowest BCUT2D eigenvalue weighted by atomic mass is 10.0. The number of hydrogen-bond donors (Lipinski definition) is 0. The molecule has 0 atom stereocenters. The molecule has 1 aliphatic heterocycles. The van der Waals surface area contributed by atoms with Gasteiger partial charge in [-0.2, -0.15) is 5.10 Å². The fourth-order valence-electron chi connectivity index (χ4n) is 3.62. The summed E-state index contributed by atoms with van der Waals surface area (Å²) in [7, 11) is 0. The predicted octanol–water partition coefficient (Wildman–Crippen LogP) is 3.37. The van der Waals surface area contributed by atoms with Gasteiger partial charge in [-0.15, -0.1) is 0 Å². The number of pyridine rings is 1. The standard InChI is InChI=1S/C21H23FN4O/c1-25-13-17(11-24-25)15-7-16-8-18(23-12-20(16)21(22)9-15)10-19(27)14-26-5-3-2-4-6-26/h7-9,11-13H,2-6,10,14H2,1H3/i1D3. The molecule has 0 radical (unpaired) electrons. The number of fused-ring (bicyclic) bond motifs is 1. The van der Waals surface area contributed by atoms with E-state index in [-0.39, 0.29) is 12.2 Å². The summed E-state index contributed by atoms with van der Waals surface area (Å²) < 4.78 is 37.8. The van der Waals surface area contributed by atoms with Crippen molar-refractivity contribution in [2.45, 2.75) is 25.7 Å². The van der Waals surface area contributed by atoms with E-state index in [0.29, 0.717) is 34.1 Å². The first-order chi connectivity index (χ1) is 14.3. The third-order valence-corrected chi connectivity index (χ3v) is 4.99. The average Bonchev–Trinajstić information content (AvgIpc) is 3.19. The molecule has 1 aromatic carbocycles. The minimum atomic E-state index is -2.39. The SMILES string of the molecule is [2H]C([2H])([2H])n1cc(-c2cc(F)c3cnc(CC(=O)CN4CCCCC4)cc3c2)cn1. The molecule has 5 nitrogen and oxygen atoms in total. The van der Waals surface area contributed by atoms with Crippen LogP contribution in [0.2, 0.25) is 0 Å². The second-order valence-electron chi connectivity index (χ2n) is 7.08. The van der Waals surface area contributed by atoms with Crippen molar-refractivity contribution in [2.24, 2.45) is 6.98 Å². The molecule has 0 spiro atoms. The Kier molecular flexibility index (Phi) is 4.05. The number of halogens is 1. The molecule has 140 valence electrons. The molecule has 6 heteroatoms. The van der Waals surface area contributed by atoms with Gasteiger partial charge in [-0.3, -0.25) is 19.4 Å². The van der Waals surface area contributed by atoms with Crippen LogP contribution in [0.4, 0.5) is 4.39 Å². The van der Waals surface area contributed by atoms with Crippen LogP contribution in [-0.2, 0) is 18.2 Å². The molecular formula is C21H23FN4O. The Morgan fingerprint density at radius 1 is 1.19 bits per heavy atom. The first kappa shape index (κ1) is 14.5. The maximum Gasteiger partial charge on any atom is 0.152 e. The summed E-state index contributed by atoms with van der Waals surface area (Å²) >= 11 is 0. The normalized spacial score (nSPS) is 17.4. The number of ketones is 1. The van der Waals surface area contributed by atoms with Crippen molar-refractivity contribution in [3.05, 3.63) is 48.3 Å². The van der Waals surface area contributed by atoms with Crippen molar-refractivity contribution in [1.82, 2.24) is 19.7 Å². The fourth-order valence-corrected chi connectivity index (χ4v) is 3.62. The summed E-state index contributed by atoms with van der Waals surface area (Å²) in [5, 5.41) is 4.83. The van der Waals surface area contributed by atoms with Crippen molar-refractivity contribution < 1.29 is 13.3 Å². The van der Waals surface area contributed by atoms with Gasteiger partial charge in [-0.05, 0) is 55.1 Å². The average molecular weight is 369 g/mol. The van der Waals surface area contributed by atoms with Crippen LogP contribution >= 0.6 is 0 Å². The highest BCUT2D eigenvalue weighted by atomic mass is 19.1. The van der Waals surface area contributed by atoms with E-state index in [1.54, 1.807) is 12.1 Å². The summed E-state index contributed by atoms with van der Waals surface area (Å²) in [6.07, 6.45) is 7.90. The third kappa shape index (κ3) is 4.06. The molecule has 0 amide bonds. The Hall–Kier alpha value is -2.60. The number of rotatable bonds is 5. The molecule has 1 fully saturated rings. The summed E-state index contributed by atoms with van der Waals surface area (Å²) in [5.41, 5.74) is 1.62. The second kappa shape index (κ2) is 7.56. The summed E-state index contributed by atoms with van der Waals surface area (Å²) in [6, 6.07) is 4.83. The van der Waals surface area contributed by atoms with Crippen LogP contribution in [0.5, 0.6) is 0 Å². The molecule has 0 N–H and O–H groups in total. The van der Waals surface area contributed by atoms with Gasteiger partial charge in [0.1, 0.15) is 5.82 Å². The lowest BCUT2D eigenvalue weighted by molar-refractivity contribution is -0.119. The van der Waals surface area contributed by atoms with E-state index in [1.165, 1.54) is 31.1 Å². The van der Waals surface area contributed by atoms with Crippen LogP contribution in [0.15, 0.2) is 36.8 Å². The van der Waals surface area contributed by atoms with Gasteiger partial charge in [0, 0.05) is 40.1 Å². The van der Waals surface area contributed by atoms with Gasteiger partial charge in [-0.1, -0.05) is 6.42 Å². The van der Waals surface area contributed by atoms with Crippen LogP contribution < -0.4 is 0 Å². The lowest BCUT2D eigenvalue weighted by Crippen LogP contribution is -2.35. The van der Waals surface area contributed by atoms with Crippen molar-refractivity contribution >= 4 is 16.6 Å². The zero-order chi connectivity index (χ0) is 21.3. The van der Waals surface area contributed by atoms with E-state index >= 15 is 0 Å². The van der Waals surface area contributed by atoms with Gasteiger partial charge in [-0.25, -0.2) is 4.39 Å².